The molecule has 1 aromatic rings. The predicted molar refractivity (Wildman–Crippen MR) is 66.5 cm³/mol. The van der Waals surface area contributed by atoms with Crippen LogP contribution in [0.15, 0.2) is 24.3 Å². The van der Waals surface area contributed by atoms with Crippen molar-refractivity contribution in [3.05, 3.63) is 29.8 Å². The third-order valence-corrected chi connectivity index (χ3v) is 2.47. The summed E-state index contributed by atoms with van der Waals surface area (Å²) in [6, 6.07) is 7.54. The number of carboxylic acids is 1. The van der Waals surface area contributed by atoms with E-state index in [1.54, 1.807) is 13.1 Å². The number of likely N-dealkylation sites (N-methyl/N-ethyl adjacent to an activating group) is 1. The number of benzene rings is 1. The summed E-state index contributed by atoms with van der Waals surface area (Å²) in [6.45, 7) is 4.45. The maximum absolute atomic E-state index is 10.9. The van der Waals surface area contributed by atoms with Crippen molar-refractivity contribution in [1.82, 2.24) is 5.32 Å². The Hall–Kier alpha value is -1.55. The smallest absolute Gasteiger partial charge is 0.346 e. The molecule has 1 atom stereocenters. The highest BCUT2D eigenvalue weighted by atomic mass is 16.5. The van der Waals surface area contributed by atoms with Gasteiger partial charge in [-0.15, -0.1) is 0 Å². The molecule has 1 aromatic carbocycles. The second-order valence-corrected chi connectivity index (χ2v) is 4.23. The maximum Gasteiger partial charge on any atom is 0.346 e. The highest BCUT2D eigenvalue weighted by molar-refractivity contribution is 5.73. The molecule has 0 aliphatic heterocycles. The van der Waals surface area contributed by atoms with Crippen LogP contribution < -0.4 is 10.1 Å². The summed E-state index contributed by atoms with van der Waals surface area (Å²) in [5.41, 5.74) is 1.14. The van der Waals surface area contributed by atoms with E-state index in [2.05, 4.69) is 19.2 Å². The molecule has 0 amide bonds. The summed E-state index contributed by atoms with van der Waals surface area (Å²) in [7, 11) is 1.70. The van der Waals surface area contributed by atoms with Crippen LogP contribution >= 0.6 is 0 Å². The second-order valence-electron chi connectivity index (χ2n) is 4.23. The maximum atomic E-state index is 10.9. The second kappa shape index (κ2) is 6.25. The minimum absolute atomic E-state index is 0.279. The molecule has 0 aliphatic rings. The average Bonchev–Trinajstić information content (AvgIpc) is 2.28. The van der Waals surface area contributed by atoms with Gasteiger partial charge in [-0.2, -0.15) is 0 Å². The quantitative estimate of drug-likeness (QED) is 0.793. The Labute approximate surface area is 102 Å². The van der Waals surface area contributed by atoms with E-state index in [-0.39, 0.29) is 6.54 Å². The Balaban J connectivity index is 2.78. The molecule has 0 spiro atoms. The van der Waals surface area contributed by atoms with Crippen LogP contribution in [0.2, 0.25) is 0 Å². The normalized spacial score (nSPS) is 12.5. The van der Waals surface area contributed by atoms with Gasteiger partial charge in [0.25, 0.3) is 0 Å². The monoisotopic (exact) mass is 237 g/mol. The van der Waals surface area contributed by atoms with Crippen molar-refractivity contribution < 1.29 is 14.6 Å². The molecule has 94 valence electrons. The van der Waals surface area contributed by atoms with Crippen molar-refractivity contribution >= 4 is 5.97 Å². The van der Waals surface area contributed by atoms with Gasteiger partial charge in [-0.3, -0.25) is 0 Å². The molecule has 4 nitrogen and oxygen atoms in total. The van der Waals surface area contributed by atoms with Crippen LogP contribution in [-0.4, -0.2) is 30.8 Å². The lowest BCUT2D eigenvalue weighted by Gasteiger charge is -2.16. The van der Waals surface area contributed by atoms with Crippen LogP contribution in [0, 0.1) is 0 Å². The van der Waals surface area contributed by atoms with Gasteiger partial charge < -0.3 is 15.2 Å². The molecule has 17 heavy (non-hydrogen) atoms. The third kappa shape index (κ3) is 4.07. The first-order valence-corrected chi connectivity index (χ1v) is 5.68. The molecule has 1 rings (SSSR count). The van der Waals surface area contributed by atoms with Crippen LogP contribution in [0.1, 0.15) is 25.3 Å². The molecule has 0 aliphatic carbocycles. The number of nitrogens with one attached hydrogen (secondary N) is 1. The van der Waals surface area contributed by atoms with E-state index >= 15 is 0 Å². The number of carboxylic acid groups (broad SMARTS) is 1. The summed E-state index contributed by atoms with van der Waals surface area (Å²) in [5, 5.41) is 11.8. The Kier molecular flexibility index (Phi) is 4.97. The van der Waals surface area contributed by atoms with Crippen LogP contribution in [0.25, 0.3) is 0 Å². The van der Waals surface area contributed by atoms with E-state index in [1.165, 1.54) is 0 Å². The van der Waals surface area contributed by atoms with Crippen LogP contribution in [0.4, 0.5) is 0 Å². The molecule has 1 unspecified atom stereocenters. The zero-order valence-corrected chi connectivity index (χ0v) is 10.4. The van der Waals surface area contributed by atoms with E-state index in [4.69, 9.17) is 9.84 Å². The fourth-order valence-electron chi connectivity index (χ4n) is 1.48. The van der Waals surface area contributed by atoms with Crippen molar-refractivity contribution in [2.45, 2.75) is 25.9 Å². The molecular formula is C13H19NO3. The number of ether oxygens (including phenoxy) is 1. The summed E-state index contributed by atoms with van der Waals surface area (Å²) in [4.78, 5) is 10.9. The molecule has 0 fully saturated rings. The first-order chi connectivity index (χ1) is 8.04. The minimum atomic E-state index is -0.964. The number of hydrogen-bond acceptors (Lipinski definition) is 3. The van der Waals surface area contributed by atoms with E-state index < -0.39 is 12.1 Å². The van der Waals surface area contributed by atoms with Crippen molar-refractivity contribution in [2.75, 3.05) is 13.6 Å². The SMILES string of the molecule is CNCC(Oc1cccc(C(C)C)c1)C(=O)O. The highest BCUT2D eigenvalue weighted by Gasteiger charge is 2.18. The fourth-order valence-corrected chi connectivity index (χ4v) is 1.48. The molecule has 0 saturated heterocycles. The minimum Gasteiger partial charge on any atom is -0.478 e. The van der Waals surface area contributed by atoms with E-state index in [1.807, 2.05) is 18.2 Å². The lowest BCUT2D eigenvalue weighted by atomic mass is 10.0. The predicted octanol–water partition coefficient (Wildman–Crippen LogP) is 1.86. The van der Waals surface area contributed by atoms with Gasteiger partial charge >= 0.3 is 5.97 Å². The van der Waals surface area contributed by atoms with Crippen molar-refractivity contribution in [2.24, 2.45) is 0 Å². The highest BCUT2D eigenvalue weighted by Crippen LogP contribution is 2.20. The largest absolute Gasteiger partial charge is 0.478 e. The molecule has 4 heteroatoms. The van der Waals surface area contributed by atoms with Crippen LogP contribution in [0.3, 0.4) is 0 Å². The summed E-state index contributed by atoms with van der Waals surface area (Å²) in [5.74, 6) is 0.0271. The van der Waals surface area contributed by atoms with Gasteiger partial charge in [0.15, 0.2) is 0 Å². The topological polar surface area (TPSA) is 58.6 Å². The molecule has 0 saturated carbocycles. The molecule has 0 radical (unpaired) electrons. The zero-order chi connectivity index (χ0) is 12.8. The van der Waals surface area contributed by atoms with Crippen molar-refractivity contribution in [3.63, 3.8) is 0 Å². The first kappa shape index (κ1) is 13.5. The Bertz CT molecular complexity index is 377. The summed E-state index contributed by atoms with van der Waals surface area (Å²) in [6.07, 6.45) is -0.859. The average molecular weight is 237 g/mol. The van der Waals surface area contributed by atoms with Gasteiger partial charge in [0.05, 0.1) is 0 Å². The van der Waals surface area contributed by atoms with Crippen molar-refractivity contribution in [3.8, 4) is 5.75 Å². The van der Waals surface area contributed by atoms with Gasteiger partial charge in [-0.1, -0.05) is 26.0 Å². The van der Waals surface area contributed by atoms with E-state index in [9.17, 15) is 4.79 Å². The number of carbonyl (C=O) groups is 1. The zero-order valence-electron chi connectivity index (χ0n) is 10.4. The lowest BCUT2D eigenvalue weighted by molar-refractivity contribution is -0.144. The molecule has 0 bridgehead atoms. The summed E-state index contributed by atoms with van der Waals surface area (Å²) >= 11 is 0. The lowest BCUT2D eigenvalue weighted by Crippen LogP contribution is -2.36. The summed E-state index contributed by atoms with van der Waals surface area (Å²) < 4.78 is 5.45. The third-order valence-electron chi connectivity index (χ3n) is 2.47. The van der Waals surface area contributed by atoms with Crippen molar-refractivity contribution in [1.29, 1.82) is 0 Å². The molecule has 2 N–H and O–H groups in total. The molecular weight excluding hydrogens is 218 g/mol. The van der Waals surface area contributed by atoms with E-state index in [0.717, 1.165) is 5.56 Å². The first-order valence-electron chi connectivity index (χ1n) is 5.68. The fraction of sp³-hybridized carbons (Fsp3) is 0.462. The number of hydrogen-bond donors (Lipinski definition) is 2. The van der Waals surface area contributed by atoms with Gasteiger partial charge in [0.2, 0.25) is 6.10 Å². The Morgan fingerprint density at radius 1 is 1.47 bits per heavy atom. The Morgan fingerprint density at radius 3 is 2.71 bits per heavy atom. The van der Waals surface area contributed by atoms with Crippen LogP contribution in [0.5, 0.6) is 5.75 Å². The molecule has 0 heterocycles. The number of aliphatic carboxylic acids is 1. The van der Waals surface area contributed by atoms with Crippen LogP contribution in [-0.2, 0) is 4.79 Å². The Morgan fingerprint density at radius 2 is 2.18 bits per heavy atom. The van der Waals surface area contributed by atoms with Gasteiger partial charge in [-0.25, -0.2) is 4.79 Å². The van der Waals surface area contributed by atoms with Gasteiger partial charge in [0.1, 0.15) is 5.75 Å². The standard InChI is InChI=1S/C13H19NO3/c1-9(2)10-5-4-6-11(7-10)17-12(8-14-3)13(15)16/h4-7,9,12,14H,8H2,1-3H3,(H,15,16). The molecule has 0 aromatic heterocycles. The van der Waals surface area contributed by atoms with Gasteiger partial charge in [-0.05, 0) is 30.7 Å². The van der Waals surface area contributed by atoms with E-state index in [0.29, 0.717) is 11.7 Å². The number of rotatable bonds is 6. The van der Waals surface area contributed by atoms with Gasteiger partial charge in [0, 0.05) is 6.54 Å².